The first-order chi connectivity index (χ1) is 21.0. The number of ether oxygens (including phenoxy) is 1. The Kier molecular flexibility index (Phi) is 10.8. The maximum atomic E-state index is 12.9. The van der Waals surface area contributed by atoms with Gasteiger partial charge in [-0.15, -0.1) is 0 Å². The summed E-state index contributed by atoms with van der Waals surface area (Å²) in [6.07, 6.45) is 9.78. The van der Waals surface area contributed by atoms with Gasteiger partial charge in [0.25, 0.3) is 5.91 Å². The van der Waals surface area contributed by atoms with Crippen LogP contribution < -0.4 is 15.4 Å². The molecule has 3 N–H and O–H groups in total. The minimum atomic E-state index is -0.692. The maximum absolute atomic E-state index is 12.9. The molecule has 1 saturated heterocycles. The number of amides is 2. The van der Waals surface area contributed by atoms with E-state index in [-0.39, 0.29) is 37.9 Å². The second-order valence-electron chi connectivity index (χ2n) is 11.8. The van der Waals surface area contributed by atoms with Crippen molar-refractivity contribution in [3.05, 3.63) is 71.6 Å². The van der Waals surface area contributed by atoms with Crippen molar-refractivity contribution in [3.63, 3.8) is 0 Å². The van der Waals surface area contributed by atoms with Gasteiger partial charge >= 0.3 is 0 Å². The molecular formula is C32H42N6O5S. The van der Waals surface area contributed by atoms with Crippen molar-refractivity contribution in [2.24, 2.45) is 5.92 Å². The van der Waals surface area contributed by atoms with E-state index in [1.807, 2.05) is 11.0 Å². The summed E-state index contributed by atoms with van der Waals surface area (Å²) in [7, 11) is 0. The van der Waals surface area contributed by atoms with Gasteiger partial charge in [0.05, 0.1) is 12.3 Å². The van der Waals surface area contributed by atoms with Gasteiger partial charge in [-0.3, -0.25) is 14.5 Å². The SMILES string of the molecule is O=C(NC[C@H](O)CN1CCc2cc(OCc3cnco3)ccc2C1)c1ccnc(NC2CCN(C(=O)C3CCC3)CC2)c1.S. The quantitative estimate of drug-likeness (QED) is 0.295. The molecule has 1 saturated carbocycles. The zero-order valence-electron chi connectivity index (χ0n) is 24.9. The predicted molar refractivity (Wildman–Crippen MR) is 170 cm³/mol. The number of oxazole rings is 1. The molecule has 12 heteroatoms. The minimum absolute atomic E-state index is 0. The Morgan fingerprint density at radius 2 is 1.93 bits per heavy atom. The molecule has 11 nitrogen and oxygen atoms in total. The molecular weight excluding hydrogens is 580 g/mol. The zero-order chi connectivity index (χ0) is 29.6. The Morgan fingerprint density at radius 3 is 2.68 bits per heavy atom. The number of nitrogens with one attached hydrogen (secondary N) is 2. The lowest BCUT2D eigenvalue weighted by atomic mass is 9.84. The second-order valence-corrected chi connectivity index (χ2v) is 11.8. The Labute approximate surface area is 264 Å². The molecule has 4 heterocycles. The third-order valence-electron chi connectivity index (χ3n) is 8.74. The van der Waals surface area contributed by atoms with Gasteiger partial charge in [0, 0.05) is 63.0 Å². The van der Waals surface area contributed by atoms with Gasteiger partial charge in [0.2, 0.25) is 5.91 Å². The molecule has 1 atom stereocenters. The van der Waals surface area contributed by atoms with Crippen molar-refractivity contribution in [2.75, 3.05) is 38.0 Å². The summed E-state index contributed by atoms with van der Waals surface area (Å²) >= 11 is 0. The van der Waals surface area contributed by atoms with Crippen molar-refractivity contribution in [1.29, 1.82) is 0 Å². The second kappa shape index (κ2) is 14.9. The summed E-state index contributed by atoms with van der Waals surface area (Å²) in [4.78, 5) is 37.9. The molecule has 1 aliphatic carbocycles. The molecule has 2 aromatic heterocycles. The summed E-state index contributed by atoms with van der Waals surface area (Å²) in [5.74, 6) is 2.43. The normalized spacial score (nSPS) is 18.0. The van der Waals surface area contributed by atoms with Gasteiger partial charge in [-0.05, 0) is 67.5 Å². The van der Waals surface area contributed by atoms with Crippen LogP contribution in [0.1, 0.15) is 59.3 Å². The number of likely N-dealkylation sites (tertiary alicyclic amines) is 1. The Morgan fingerprint density at radius 1 is 1.09 bits per heavy atom. The third kappa shape index (κ3) is 8.10. The summed E-state index contributed by atoms with van der Waals surface area (Å²) in [5.41, 5.74) is 2.95. The Bertz CT molecular complexity index is 1390. The highest BCUT2D eigenvalue weighted by molar-refractivity contribution is 7.59. The van der Waals surface area contributed by atoms with Crippen LogP contribution in [0, 0.1) is 5.92 Å². The molecule has 3 aromatic rings. The van der Waals surface area contributed by atoms with E-state index in [1.54, 1.807) is 24.5 Å². The number of aliphatic hydroxyl groups excluding tert-OH is 1. The number of aliphatic hydroxyl groups is 1. The Balaban J connectivity index is 0.00000384. The maximum Gasteiger partial charge on any atom is 0.251 e. The summed E-state index contributed by atoms with van der Waals surface area (Å²) in [6.45, 7) is 4.03. The van der Waals surface area contributed by atoms with Gasteiger partial charge in [-0.25, -0.2) is 9.97 Å². The van der Waals surface area contributed by atoms with Crippen molar-refractivity contribution in [2.45, 2.75) is 63.8 Å². The third-order valence-corrected chi connectivity index (χ3v) is 8.74. The van der Waals surface area contributed by atoms with E-state index in [0.717, 1.165) is 64.0 Å². The first-order valence-corrected chi connectivity index (χ1v) is 15.3. The lowest BCUT2D eigenvalue weighted by molar-refractivity contribution is -0.139. The number of carbonyl (C=O) groups is 2. The largest absolute Gasteiger partial charge is 0.486 e. The van der Waals surface area contributed by atoms with Gasteiger partial charge in [-0.2, -0.15) is 13.5 Å². The van der Waals surface area contributed by atoms with Crippen molar-refractivity contribution >= 4 is 31.1 Å². The number of rotatable bonds is 11. The number of hydrogen-bond donors (Lipinski definition) is 3. The molecule has 44 heavy (non-hydrogen) atoms. The molecule has 236 valence electrons. The highest BCUT2D eigenvalue weighted by atomic mass is 32.1. The number of nitrogens with zero attached hydrogens (tertiary/aromatic N) is 4. The van der Waals surface area contributed by atoms with Crippen LogP contribution in [0.3, 0.4) is 0 Å². The number of benzene rings is 1. The fourth-order valence-electron chi connectivity index (χ4n) is 5.99. The van der Waals surface area contributed by atoms with E-state index in [0.29, 0.717) is 36.2 Å². The zero-order valence-corrected chi connectivity index (χ0v) is 25.9. The average Bonchev–Trinajstić information content (AvgIpc) is 3.52. The first kappa shape index (κ1) is 31.8. The topological polar surface area (TPSA) is 133 Å². The minimum Gasteiger partial charge on any atom is -0.486 e. The van der Waals surface area contributed by atoms with E-state index in [2.05, 4.69) is 37.6 Å². The van der Waals surface area contributed by atoms with Gasteiger partial charge in [0.1, 0.15) is 18.2 Å². The lowest BCUT2D eigenvalue weighted by Crippen LogP contribution is -2.46. The lowest BCUT2D eigenvalue weighted by Gasteiger charge is -2.36. The van der Waals surface area contributed by atoms with Gasteiger partial charge in [0.15, 0.2) is 12.2 Å². The summed E-state index contributed by atoms with van der Waals surface area (Å²) in [6, 6.07) is 9.73. The molecule has 2 amide bonds. The van der Waals surface area contributed by atoms with Crippen LogP contribution in [-0.2, 0) is 24.4 Å². The number of aromatic nitrogens is 2. The first-order valence-electron chi connectivity index (χ1n) is 15.3. The van der Waals surface area contributed by atoms with E-state index in [1.165, 1.54) is 23.9 Å². The summed E-state index contributed by atoms with van der Waals surface area (Å²) in [5, 5.41) is 17.0. The number of fused-ring (bicyclic) bond motifs is 1. The van der Waals surface area contributed by atoms with Crippen LogP contribution in [-0.4, -0.2) is 81.6 Å². The van der Waals surface area contributed by atoms with Crippen LogP contribution in [0.4, 0.5) is 5.82 Å². The molecule has 3 aliphatic rings. The van der Waals surface area contributed by atoms with E-state index >= 15 is 0 Å². The van der Waals surface area contributed by atoms with Crippen molar-refractivity contribution in [3.8, 4) is 5.75 Å². The summed E-state index contributed by atoms with van der Waals surface area (Å²) < 4.78 is 11.0. The molecule has 0 radical (unpaired) electrons. The molecule has 0 unspecified atom stereocenters. The van der Waals surface area contributed by atoms with Gasteiger partial charge < -0.3 is 29.8 Å². The molecule has 2 fully saturated rings. The number of hydrogen-bond acceptors (Lipinski definition) is 9. The molecule has 2 aliphatic heterocycles. The van der Waals surface area contributed by atoms with Crippen molar-refractivity contribution < 1.29 is 23.8 Å². The average molecular weight is 623 g/mol. The number of β-amino-alcohol motifs (C(OH)–C–C–N with tert-alkyl or cyclic N) is 1. The van der Waals surface area contributed by atoms with Crippen LogP contribution in [0.2, 0.25) is 0 Å². The van der Waals surface area contributed by atoms with Crippen LogP contribution in [0.5, 0.6) is 5.75 Å². The molecule has 0 spiro atoms. The smallest absolute Gasteiger partial charge is 0.251 e. The highest BCUT2D eigenvalue weighted by Crippen LogP contribution is 2.29. The molecule has 0 bridgehead atoms. The molecule has 6 rings (SSSR count). The van der Waals surface area contributed by atoms with Crippen LogP contribution in [0.25, 0.3) is 0 Å². The van der Waals surface area contributed by atoms with Crippen LogP contribution >= 0.6 is 13.5 Å². The number of piperidine rings is 1. The number of pyridine rings is 1. The Hall–Kier alpha value is -3.61. The molecule has 1 aromatic carbocycles. The monoisotopic (exact) mass is 622 g/mol. The van der Waals surface area contributed by atoms with E-state index < -0.39 is 6.10 Å². The van der Waals surface area contributed by atoms with E-state index in [9.17, 15) is 14.7 Å². The van der Waals surface area contributed by atoms with E-state index in [4.69, 9.17) is 9.15 Å². The fraction of sp³-hybridized carbons (Fsp3) is 0.500. The fourth-order valence-corrected chi connectivity index (χ4v) is 5.99. The van der Waals surface area contributed by atoms with Crippen LogP contribution in [0.15, 0.2) is 53.5 Å². The van der Waals surface area contributed by atoms with Gasteiger partial charge in [-0.1, -0.05) is 12.5 Å². The predicted octanol–water partition coefficient (Wildman–Crippen LogP) is 3.11. The highest BCUT2D eigenvalue weighted by Gasteiger charge is 2.31. The number of carbonyl (C=O) groups excluding carboxylic acids is 2. The number of anilines is 1. The standard InChI is InChI=1S/C32H40N6O5.H2S/c39-27(19-37-11-7-23-14-28(5-4-25(23)18-37)42-20-29-17-33-21-43-29)16-35-31(40)24-6-10-34-30(15-24)36-26-8-12-38(13-9-26)32(41)22-2-1-3-22;/h4-6,10,14-15,17,21-22,26-27,39H,1-3,7-9,11-13,16,18-20H2,(H,34,36)(H,35,40);1H2/t27-;/m0./s1. The van der Waals surface area contributed by atoms with Crippen molar-refractivity contribution in [1.82, 2.24) is 25.1 Å².